The number of benzene rings is 1. The molecule has 0 N–H and O–H groups in total. The third kappa shape index (κ3) is 4.07. The van der Waals surface area contributed by atoms with Gasteiger partial charge >= 0.3 is 6.61 Å². The van der Waals surface area contributed by atoms with Crippen LogP contribution in [-0.2, 0) is 20.4 Å². The lowest BCUT2D eigenvalue weighted by Gasteiger charge is -2.14. The van der Waals surface area contributed by atoms with Gasteiger partial charge in [0.2, 0.25) is 0 Å². The third-order valence-corrected chi connectivity index (χ3v) is 4.78. The molecule has 1 aromatic rings. The number of oxime groups is 1. The molecule has 1 aliphatic heterocycles. The number of hydrogen-bond acceptors (Lipinski definition) is 5. The first-order chi connectivity index (χ1) is 10.1. The minimum Gasteiger partial charge on any atom is -0.435 e. The molecule has 0 fully saturated rings. The van der Waals surface area contributed by atoms with E-state index in [2.05, 4.69) is 9.89 Å². The summed E-state index contributed by atoms with van der Waals surface area (Å²) in [6.07, 6.45) is 0.112. The van der Waals surface area contributed by atoms with Crippen LogP contribution in [0, 0.1) is 0 Å². The molecular formula is C13H14ClF2NO4S. The predicted octanol–water partition coefficient (Wildman–Crippen LogP) is 3.37. The number of rotatable bonds is 4. The molecule has 0 aromatic heterocycles. The van der Waals surface area contributed by atoms with Gasteiger partial charge in [-0.1, -0.05) is 16.8 Å². The van der Waals surface area contributed by atoms with Crippen molar-refractivity contribution in [2.45, 2.75) is 38.2 Å². The van der Waals surface area contributed by atoms with E-state index < -0.39 is 27.8 Å². The van der Waals surface area contributed by atoms with Crippen molar-refractivity contribution in [2.75, 3.05) is 0 Å². The average Bonchev–Trinajstić information content (AvgIpc) is 2.73. The minimum absolute atomic E-state index is 0.0419. The predicted molar refractivity (Wildman–Crippen MR) is 77.9 cm³/mol. The standard InChI is InChI=1S/C13H14ClF2NO4S/c1-13(2)6-11(17-21-13)22(18,19)7-8-5-9(14)3-4-10(8)20-12(15)16/h3-5,12H,6-7H2,1-2H3. The van der Waals surface area contributed by atoms with Crippen LogP contribution in [0.4, 0.5) is 8.78 Å². The second-order valence-corrected chi connectivity index (χ2v) is 7.83. The van der Waals surface area contributed by atoms with Crippen LogP contribution in [0.2, 0.25) is 5.02 Å². The van der Waals surface area contributed by atoms with Crippen molar-refractivity contribution < 1.29 is 26.8 Å². The van der Waals surface area contributed by atoms with Crippen LogP contribution in [0.15, 0.2) is 23.4 Å². The van der Waals surface area contributed by atoms with Crippen LogP contribution >= 0.6 is 11.6 Å². The molecule has 0 aliphatic carbocycles. The first-order valence-corrected chi connectivity index (χ1v) is 8.33. The summed E-state index contributed by atoms with van der Waals surface area (Å²) in [6.45, 7) is 0.335. The molecule has 22 heavy (non-hydrogen) atoms. The Balaban J connectivity index is 2.28. The highest BCUT2D eigenvalue weighted by atomic mass is 35.5. The van der Waals surface area contributed by atoms with Crippen molar-refractivity contribution in [3.8, 4) is 5.75 Å². The fraction of sp³-hybridized carbons (Fsp3) is 0.462. The van der Waals surface area contributed by atoms with E-state index in [0.717, 1.165) is 0 Å². The third-order valence-electron chi connectivity index (χ3n) is 2.91. The zero-order chi connectivity index (χ0) is 16.5. The van der Waals surface area contributed by atoms with Crippen molar-refractivity contribution in [3.05, 3.63) is 28.8 Å². The van der Waals surface area contributed by atoms with Crippen LogP contribution < -0.4 is 4.74 Å². The maximum atomic E-state index is 12.4. The van der Waals surface area contributed by atoms with Crippen LogP contribution in [0.3, 0.4) is 0 Å². The van der Waals surface area contributed by atoms with Gasteiger partial charge in [-0.15, -0.1) is 0 Å². The maximum absolute atomic E-state index is 12.4. The first-order valence-electron chi connectivity index (χ1n) is 6.30. The minimum atomic E-state index is -3.82. The number of hydrogen-bond donors (Lipinski definition) is 0. The molecule has 0 unspecified atom stereocenters. The molecule has 0 bridgehead atoms. The summed E-state index contributed by atoms with van der Waals surface area (Å²) in [5.74, 6) is -0.782. The SMILES string of the molecule is CC1(C)CC(S(=O)(=O)Cc2cc(Cl)ccc2OC(F)F)=NO1. The fourth-order valence-corrected chi connectivity index (χ4v) is 3.64. The Morgan fingerprint density at radius 2 is 2.14 bits per heavy atom. The van der Waals surface area contributed by atoms with E-state index in [1.54, 1.807) is 13.8 Å². The van der Waals surface area contributed by atoms with E-state index in [9.17, 15) is 17.2 Å². The largest absolute Gasteiger partial charge is 0.435 e. The molecule has 0 saturated carbocycles. The summed E-state index contributed by atoms with van der Waals surface area (Å²) < 4.78 is 53.8. The summed E-state index contributed by atoms with van der Waals surface area (Å²) >= 11 is 5.79. The lowest BCUT2D eigenvalue weighted by atomic mass is 10.1. The molecule has 5 nitrogen and oxygen atoms in total. The monoisotopic (exact) mass is 353 g/mol. The number of sulfone groups is 1. The van der Waals surface area contributed by atoms with E-state index in [1.807, 2.05) is 0 Å². The van der Waals surface area contributed by atoms with Gasteiger partial charge in [-0.2, -0.15) is 8.78 Å². The summed E-state index contributed by atoms with van der Waals surface area (Å²) in [5, 5.41) is 3.67. The van der Waals surface area contributed by atoms with Crippen molar-refractivity contribution in [1.82, 2.24) is 0 Å². The normalized spacial score (nSPS) is 17.3. The van der Waals surface area contributed by atoms with E-state index in [-0.39, 0.29) is 27.8 Å². The van der Waals surface area contributed by atoms with Gasteiger partial charge in [0, 0.05) is 17.0 Å². The molecule has 122 valence electrons. The van der Waals surface area contributed by atoms with Gasteiger partial charge in [0.1, 0.15) is 11.4 Å². The van der Waals surface area contributed by atoms with Gasteiger partial charge < -0.3 is 9.57 Å². The Labute approximate surface area is 131 Å². The summed E-state index contributed by atoms with van der Waals surface area (Å²) in [7, 11) is -3.82. The molecular weight excluding hydrogens is 340 g/mol. The van der Waals surface area contributed by atoms with E-state index in [4.69, 9.17) is 16.4 Å². The lowest BCUT2D eigenvalue weighted by Crippen LogP contribution is -2.23. The summed E-state index contributed by atoms with van der Waals surface area (Å²) in [6, 6.07) is 3.82. The van der Waals surface area contributed by atoms with E-state index in [1.165, 1.54) is 18.2 Å². The highest BCUT2D eigenvalue weighted by molar-refractivity contribution is 8.05. The van der Waals surface area contributed by atoms with Crippen LogP contribution in [-0.4, -0.2) is 25.7 Å². The maximum Gasteiger partial charge on any atom is 0.387 e. The van der Waals surface area contributed by atoms with Gasteiger partial charge in [0.25, 0.3) is 0 Å². The van der Waals surface area contributed by atoms with Gasteiger partial charge in [0.15, 0.2) is 14.9 Å². The number of halogens is 3. The van der Waals surface area contributed by atoms with Gasteiger partial charge in [0.05, 0.1) is 5.75 Å². The Hall–Kier alpha value is -1.41. The van der Waals surface area contributed by atoms with E-state index >= 15 is 0 Å². The number of nitrogens with zero attached hydrogens (tertiary/aromatic N) is 1. The summed E-state index contributed by atoms with van der Waals surface area (Å²) in [5.41, 5.74) is -0.667. The zero-order valence-electron chi connectivity index (χ0n) is 11.8. The van der Waals surface area contributed by atoms with Gasteiger partial charge in [-0.05, 0) is 32.0 Å². The fourth-order valence-electron chi connectivity index (χ4n) is 1.93. The van der Waals surface area contributed by atoms with Crippen LogP contribution in [0.25, 0.3) is 0 Å². The average molecular weight is 354 g/mol. The van der Waals surface area contributed by atoms with Gasteiger partial charge in [-0.3, -0.25) is 0 Å². The molecule has 0 radical (unpaired) electrons. The zero-order valence-corrected chi connectivity index (χ0v) is 13.4. The van der Waals surface area contributed by atoms with Crippen LogP contribution in [0.5, 0.6) is 5.75 Å². The smallest absolute Gasteiger partial charge is 0.387 e. The second kappa shape index (κ2) is 6.00. The Kier molecular flexibility index (Phi) is 4.62. The molecule has 2 rings (SSSR count). The van der Waals surface area contributed by atoms with Crippen molar-refractivity contribution in [3.63, 3.8) is 0 Å². The molecule has 0 amide bonds. The summed E-state index contributed by atoms with van der Waals surface area (Å²) in [4.78, 5) is 5.03. The topological polar surface area (TPSA) is 65.0 Å². The quantitative estimate of drug-likeness (QED) is 0.832. The number of ether oxygens (including phenoxy) is 1. The highest BCUT2D eigenvalue weighted by Gasteiger charge is 2.36. The lowest BCUT2D eigenvalue weighted by molar-refractivity contribution is -0.0503. The van der Waals surface area contributed by atoms with Crippen LogP contribution in [0.1, 0.15) is 25.8 Å². The highest BCUT2D eigenvalue weighted by Crippen LogP contribution is 2.30. The molecule has 1 heterocycles. The Bertz CT molecular complexity index is 704. The van der Waals surface area contributed by atoms with Crippen molar-refractivity contribution in [2.24, 2.45) is 5.16 Å². The van der Waals surface area contributed by atoms with E-state index in [0.29, 0.717) is 0 Å². The second-order valence-electron chi connectivity index (χ2n) is 5.40. The molecule has 0 saturated heterocycles. The number of alkyl halides is 2. The molecule has 1 aliphatic rings. The van der Waals surface area contributed by atoms with Crippen molar-refractivity contribution >= 4 is 26.5 Å². The van der Waals surface area contributed by atoms with Gasteiger partial charge in [-0.25, -0.2) is 8.42 Å². The molecule has 9 heteroatoms. The Morgan fingerprint density at radius 1 is 1.45 bits per heavy atom. The molecule has 1 aromatic carbocycles. The molecule has 0 atom stereocenters. The molecule has 0 spiro atoms. The Morgan fingerprint density at radius 3 is 2.68 bits per heavy atom. The first kappa shape index (κ1) is 17.0. The van der Waals surface area contributed by atoms with Crippen molar-refractivity contribution in [1.29, 1.82) is 0 Å².